The third-order valence-corrected chi connectivity index (χ3v) is 10.3. The number of hydrogen-bond acceptors (Lipinski definition) is 10. The highest BCUT2D eigenvalue weighted by Gasteiger charge is 2.24. The third kappa shape index (κ3) is 5.94. The molecule has 0 saturated carbocycles. The van der Waals surface area contributed by atoms with E-state index in [1.807, 2.05) is 122 Å². The Balaban J connectivity index is 1.33. The van der Waals surface area contributed by atoms with Gasteiger partial charge in [-0.05, 0) is 83.9 Å². The first-order valence-electron chi connectivity index (χ1n) is 18.9. The molecule has 0 fully saturated rings. The fraction of sp³-hybridized carbons (Fsp3) is 0.0455. The summed E-state index contributed by atoms with van der Waals surface area (Å²) in [4.78, 5) is 28.4. The summed E-state index contributed by atoms with van der Waals surface area (Å²) in [5.74, 6) is 2.30. The van der Waals surface area contributed by atoms with Crippen molar-refractivity contribution in [3.8, 4) is 45.1 Å². The second kappa shape index (κ2) is 14.1. The number of aromatic nitrogens is 14. The van der Waals surface area contributed by atoms with E-state index in [2.05, 4.69) is 30.4 Å². The minimum atomic E-state index is 0.429. The maximum Gasteiger partial charge on any atom is 0.181 e. The van der Waals surface area contributed by atoms with Crippen molar-refractivity contribution in [2.24, 2.45) is 0 Å². The van der Waals surface area contributed by atoms with E-state index in [4.69, 9.17) is 29.4 Å². The van der Waals surface area contributed by atoms with Gasteiger partial charge in [-0.2, -0.15) is 20.4 Å². The number of methoxy groups -OCH3 is 2. The van der Waals surface area contributed by atoms with Crippen LogP contribution in [-0.2, 0) is 0 Å². The molecule has 16 heteroatoms. The molecular formula is C44H32N14O2. The summed E-state index contributed by atoms with van der Waals surface area (Å²) in [6.45, 7) is 0. The van der Waals surface area contributed by atoms with Crippen LogP contribution in [0.2, 0.25) is 0 Å². The molecule has 0 unspecified atom stereocenters. The minimum Gasteiger partial charge on any atom is -0.497 e. The zero-order valence-electron chi connectivity index (χ0n) is 32.0. The van der Waals surface area contributed by atoms with Crippen molar-refractivity contribution in [2.45, 2.75) is 0 Å². The number of benzene rings is 2. The highest BCUT2D eigenvalue weighted by atomic mass is 16.5. The minimum absolute atomic E-state index is 0.429. The molecule has 16 nitrogen and oxygen atoms in total. The summed E-state index contributed by atoms with van der Waals surface area (Å²) in [6.07, 6.45) is 18.4. The maximum atomic E-state index is 5.55. The molecule has 0 aliphatic carbocycles. The normalized spacial score (nSPS) is 12.4. The fourth-order valence-corrected chi connectivity index (χ4v) is 7.46. The second-order valence-corrected chi connectivity index (χ2v) is 13.8. The van der Waals surface area contributed by atoms with Gasteiger partial charge in [0.25, 0.3) is 0 Å². The van der Waals surface area contributed by atoms with Gasteiger partial charge in [-0.25, -0.2) is 38.7 Å². The average Bonchev–Trinajstić information content (AvgIpc) is 4.12. The Morgan fingerprint density at radius 3 is 1.20 bits per heavy atom. The number of rotatable bonds is 8. The summed E-state index contributed by atoms with van der Waals surface area (Å²) < 4.78 is 18.2. The lowest BCUT2D eigenvalue weighted by Crippen LogP contribution is -2.00. The molecule has 290 valence electrons. The molecule has 2 aromatic carbocycles. The van der Waals surface area contributed by atoms with E-state index in [1.165, 1.54) is 0 Å². The highest BCUT2D eigenvalue weighted by molar-refractivity contribution is 5.97. The van der Waals surface area contributed by atoms with E-state index in [0.29, 0.717) is 57.1 Å². The molecule has 0 amide bonds. The van der Waals surface area contributed by atoms with Gasteiger partial charge in [0.1, 0.15) is 34.3 Å². The van der Waals surface area contributed by atoms with Crippen molar-refractivity contribution < 1.29 is 9.47 Å². The molecule has 2 aliphatic heterocycles. The Bertz CT molecular complexity index is 3030. The molecule has 60 heavy (non-hydrogen) atoms. The fourth-order valence-electron chi connectivity index (χ4n) is 7.46. The van der Waals surface area contributed by atoms with Gasteiger partial charge in [-0.3, -0.25) is 0 Å². The summed E-state index contributed by atoms with van der Waals surface area (Å²) in [7, 11) is 3.29. The van der Waals surface area contributed by atoms with E-state index in [1.54, 1.807) is 57.7 Å². The largest absolute Gasteiger partial charge is 0.497 e. The Morgan fingerprint density at radius 2 is 0.850 bits per heavy atom. The van der Waals surface area contributed by atoms with E-state index < -0.39 is 0 Å². The second-order valence-electron chi connectivity index (χ2n) is 13.8. The van der Waals surface area contributed by atoms with E-state index in [0.717, 1.165) is 44.8 Å². The van der Waals surface area contributed by atoms with Crippen LogP contribution in [0.25, 0.3) is 79.5 Å². The molecule has 11 rings (SSSR count). The Hall–Kier alpha value is -8.66. The standard InChI is InChI=1S/C44H32N14O2/c1-59-29-11-7-27(8-12-29)39-31-23-35(55-19-3-15-45-55)41(49-31)53-43-37(57-21-5-17-47-57)25-33(51-43)40(28-9-13-30(60-2)14-10-28)34-26-38(58-22-6-18-48-58)44(52-34)54-42-36(24-32(39)50-42)56-20-4-16-46-56/h3-26H,1-2H3,(H,49,51,53)(H,50,52,54). The van der Waals surface area contributed by atoms with Crippen molar-refractivity contribution in [2.75, 3.05) is 14.2 Å². The summed E-state index contributed by atoms with van der Waals surface area (Å²) >= 11 is 0. The van der Waals surface area contributed by atoms with Gasteiger partial charge < -0.3 is 19.4 Å². The highest BCUT2D eigenvalue weighted by Crippen LogP contribution is 2.37. The Kier molecular flexibility index (Phi) is 8.11. The van der Waals surface area contributed by atoms with E-state index >= 15 is 0 Å². The molecule has 2 N–H and O–H groups in total. The van der Waals surface area contributed by atoms with Gasteiger partial charge in [-0.15, -0.1) is 0 Å². The van der Waals surface area contributed by atoms with Crippen LogP contribution in [0.15, 0.2) is 135 Å². The molecule has 0 saturated heterocycles. The number of nitrogens with zero attached hydrogens (tertiary/aromatic N) is 12. The van der Waals surface area contributed by atoms with Gasteiger partial charge in [0.2, 0.25) is 0 Å². The molecule has 0 atom stereocenters. The number of H-pyrrole nitrogens is 2. The first-order chi connectivity index (χ1) is 29.6. The van der Waals surface area contributed by atoms with Crippen molar-refractivity contribution >= 4 is 45.9 Å². The quantitative estimate of drug-likeness (QED) is 0.159. The number of fused-ring (bicyclic) bond motifs is 8. The zero-order valence-corrected chi connectivity index (χ0v) is 32.0. The lowest BCUT2D eigenvalue weighted by Gasteiger charge is -2.05. The number of hydrogen-bond donors (Lipinski definition) is 2. The Morgan fingerprint density at radius 1 is 0.467 bits per heavy atom. The van der Waals surface area contributed by atoms with Gasteiger partial charge in [-0.1, -0.05) is 24.3 Å². The molecule has 2 aliphatic rings. The van der Waals surface area contributed by atoms with Crippen LogP contribution in [-0.4, -0.2) is 83.2 Å². The van der Waals surface area contributed by atoms with Crippen LogP contribution in [0.4, 0.5) is 0 Å². The van der Waals surface area contributed by atoms with Gasteiger partial charge >= 0.3 is 0 Å². The van der Waals surface area contributed by atoms with Crippen molar-refractivity contribution in [1.82, 2.24) is 69.0 Å². The molecule has 7 aromatic heterocycles. The van der Waals surface area contributed by atoms with E-state index in [9.17, 15) is 0 Å². The average molecular weight is 789 g/mol. The predicted molar refractivity (Wildman–Crippen MR) is 226 cm³/mol. The molecule has 0 spiro atoms. The first-order valence-corrected chi connectivity index (χ1v) is 18.9. The van der Waals surface area contributed by atoms with E-state index in [-0.39, 0.29) is 0 Å². The smallest absolute Gasteiger partial charge is 0.181 e. The number of nitrogens with one attached hydrogen (secondary N) is 2. The SMILES string of the molecule is COc1ccc(-c2c3nc(nc4[nH]c(cc4-n4cccn4)c(-c4ccc(OC)cc4)c4nc(nc5[nH]c2cc5-n2cccn2)C(n2cccn2)=C4)C(n2cccn2)=C3)cc1. The number of aromatic amines is 2. The summed E-state index contributed by atoms with van der Waals surface area (Å²) in [6, 6.07) is 27.2. The molecule has 8 bridgehead atoms. The van der Waals surface area contributed by atoms with Crippen molar-refractivity contribution in [3.05, 3.63) is 158 Å². The number of ether oxygens (including phenoxy) is 2. The van der Waals surface area contributed by atoms with Crippen LogP contribution < -0.4 is 9.47 Å². The van der Waals surface area contributed by atoms with Crippen LogP contribution >= 0.6 is 0 Å². The maximum absolute atomic E-state index is 5.55. The van der Waals surface area contributed by atoms with Gasteiger partial charge in [0, 0.05) is 60.7 Å². The van der Waals surface area contributed by atoms with Crippen LogP contribution in [0.1, 0.15) is 23.0 Å². The summed E-state index contributed by atoms with van der Waals surface area (Å²) in [5.41, 5.74) is 9.81. The first kappa shape index (κ1) is 34.6. The molecule has 0 radical (unpaired) electrons. The Labute approximate surface area is 340 Å². The lowest BCUT2D eigenvalue weighted by atomic mass is 10.0. The van der Waals surface area contributed by atoms with Crippen LogP contribution in [0.5, 0.6) is 11.5 Å². The summed E-state index contributed by atoms with van der Waals surface area (Å²) in [5, 5.41) is 18.5. The molecule has 9 aromatic rings. The topological polar surface area (TPSA) is 173 Å². The predicted octanol–water partition coefficient (Wildman–Crippen LogP) is 7.31. The van der Waals surface area contributed by atoms with Crippen LogP contribution in [0, 0.1) is 0 Å². The third-order valence-electron chi connectivity index (χ3n) is 10.3. The van der Waals surface area contributed by atoms with Crippen LogP contribution in [0.3, 0.4) is 0 Å². The zero-order chi connectivity index (χ0) is 40.2. The molecule has 9 heterocycles. The van der Waals surface area contributed by atoms with Crippen molar-refractivity contribution in [3.63, 3.8) is 0 Å². The lowest BCUT2D eigenvalue weighted by molar-refractivity contribution is 0.415. The molecular weight excluding hydrogens is 757 g/mol. The van der Waals surface area contributed by atoms with Gasteiger partial charge in [0.15, 0.2) is 22.9 Å². The monoisotopic (exact) mass is 788 g/mol. The van der Waals surface area contributed by atoms with Gasteiger partial charge in [0.05, 0.1) is 36.6 Å². The van der Waals surface area contributed by atoms with Crippen molar-refractivity contribution in [1.29, 1.82) is 0 Å².